The second-order valence-corrected chi connectivity index (χ2v) is 6.95. The van der Waals surface area contributed by atoms with E-state index in [0.29, 0.717) is 50.1 Å². The van der Waals surface area contributed by atoms with Crippen LogP contribution in [0.25, 0.3) is 0 Å². The molecular weight excluding hydrogens is 359 g/mol. The maximum absolute atomic E-state index is 13.7. The van der Waals surface area contributed by atoms with Crippen LogP contribution in [-0.4, -0.2) is 54.9 Å². The van der Waals surface area contributed by atoms with Crippen LogP contribution in [0.5, 0.6) is 5.75 Å². The molecule has 1 saturated heterocycles. The van der Waals surface area contributed by atoms with Crippen LogP contribution in [0, 0.1) is 12.7 Å². The number of para-hydroxylation sites is 1. The van der Waals surface area contributed by atoms with E-state index in [1.165, 1.54) is 6.07 Å². The predicted octanol–water partition coefficient (Wildman–Crippen LogP) is 3.06. The minimum Gasteiger partial charge on any atom is -0.496 e. The van der Waals surface area contributed by atoms with Gasteiger partial charge in [-0.05, 0) is 42.7 Å². The number of nitrogens with zero attached hydrogens (tertiary/aromatic N) is 2. The number of piperazine rings is 1. The summed E-state index contributed by atoms with van der Waals surface area (Å²) in [5, 5.41) is 0. The van der Waals surface area contributed by atoms with Gasteiger partial charge in [-0.2, -0.15) is 0 Å². The lowest BCUT2D eigenvalue weighted by atomic mass is 10.1. The zero-order valence-electron chi connectivity index (χ0n) is 16.3. The molecule has 148 valence electrons. The maximum Gasteiger partial charge on any atom is 0.254 e. The number of amides is 2. The molecule has 1 fully saturated rings. The molecule has 0 aliphatic carbocycles. The quantitative estimate of drug-likeness (QED) is 0.796. The largest absolute Gasteiger partial charge is 0.496 e. The van der Waals surface area contributed by atoms with E-state index < -0.39 is 0 Å². The molecular formula is C22H25FN2O3. The van der Waals surface area contributed by atoms with Gasteiger partial charge >= 0.3 is 0 Å². The summed E-state index contributed by atoms with van der Waals surface area (Å²) in [6.45, 7) is 3.55. The number of halogens is 1. The Morgan fingerprint density at radius 3 is 2.39 bits per heavy atom. The van der Waals surface area contributed by atoms with Gasteiger partial charge in [0.15, 0.2) is 0 Å². The number of ether oxygens (including phenoxy) is 1. The van der Waals surface area contributed by atoms with Crippen molar-refractivity contribution in [3.8, 4) is 5.75 Å². The summed E-state index contributed by atoms with van der Waals surface area (Å²) in [5.74, 6) is 0.284. The number of aryl methyl sites for hydroxylation is 2. The Kier molecular flexibility index (Phi) is 6.29. The van der Waals surface area contributed by atoms with Crippen LogP contribution in [-0.2, 0) is 11.2 Å². The van der Waals surface area contributed by atoms with Gasteiger partial charge in [-0.3, -0.25) is 9.59 Å². The van der Waals surface area contributed by atoms with Crippen LogP contribution in [0.1, 0.15) is 27.9 Å². The van der Waals surface area contributed by atoms with E-state index in [2.05, 4.69) is 0 Å². The van der Waals surface area contributed by atoms with E-state index in [4.69, 9.17) is 4.74 Å². The van der Waals surface area contributed by atoms with Crippen molar-refractivity contribution in [3.05, 3.63) is 65.0 Å². The van der Waals surface area contributed by atoms with Crippen LogP contribution in [0.2, 0.25) is 0 Å². The Morgan fingerprint density at radius 1 is 1.04 bits per heavy atom. The number of benzene rings is 2. The normalized spacial score (nSPS) is 14.1. The Hall–Kier alpha value is -2.89. The minimum absolute atomic E-state index is 0.0689. The second kappa shape index (κ2) is 8.87. The Bertz CT molecular complexity index is 861. The second-order valence-electron chi connectivity index (χ2n) is 6.95. The zero-order valence-corrected chi connectivity index (χ0v) is 16.3. The number of methoxy groups -OCH3 is 1. The molecule has 2 amide bonds. The SMILES string of the molecule is COc1ccccc1CCC(=O)N1CCN(C(=O)c2ccc(C)c(F)c2)CC1. The number of hydrogen-bond acceptors (Lipinski definition) is 3. The minimum atomic E-state index is -0.379. The lowest BCUT2D eigenvalue weighted by Crippen LogP contribution is -2.50. The molecule has 5 nitrogen and oxygen atoms in total. The number of carbonyl (C=O) groups is 2. The predicted molar refractivity (Wildman–Crippen MR) is 105 cm³/mol. The Labute approximate surface area is 164 Å². The maximum atomic E-state index is 13.7. The summed E-state index contributed by atoms with van der Waals surface area (Å²) in [4.78, 5) is 28.6. The van der Waals surface area contributed by atoms with E-state index >= 15 is 0 Å². The molecule has 3 rings (SSSR count). The van der Waals surface area contributed by atoms with Gasteiger partial charge in [0.05, 0.1) is 7.11 Å². The molecule has 1 heterocycles. The molecule has 1 aliphatic rings. The highest BCUT2D eigenvalue weighted by molar-refractivity contribution is 5.94. The van der Waals surface area contributed by atoms with Crippen molar-refractivity contribution in [3.63, 3.8) is 0 Å². The van der Waals surface area contributed by atoms with E-state index in [-0.39, 0.29) is 17.6 Å². The highest BCUT2D eigenvalue weighted by Crippen LogP contribution is 2.20. The topological polar surface area (TPSA) is 49.9 Å². The van der Waals surface area contributed by atoms with Crippen LogP contribution in [0.3, 0.4) is 0 Å². The van der Waals surface area contributed by atoms with Crippen molar-refractivity contribution >= 4 is 11.8 Å². The smallest absolute Gasteiger partial charge is 0.254 e. The molecule has 0 atom stereocenters. The highest BCUT2D eigenvalue weighted by atomic mass is 19.1. The summed E-state index contributed by atoms with van der Waals surface area (Å²) in [7, 11) is 1.62. The lowest BCUT2D eigenvalue weighted by molar-refractivity contribution is -0.132. The molecule has 2 aromatic rings. The Balaban J connectivity index is 1.52. The van der Waals surface area contributed by atoms with E-state index in [9.17, 15) is 14.0 Å². The Morgan fingerprint density at radius 2 is 1.71 bits per heavy atom. The van der Waals surface area contributed by atoms with Gasteiger partial charge in [0.2, 0.25) is 5.91 Å². The van der Waals surface area contributed by atoms with E-state index in [1.54, 1.807) is 36.0 Å². The third-order valence-electron chi connectivity index (χ3n) is 5.14. The van der Waals surface area contributed by atoms with Crippen LogP contribution < -0.4 is 4.74 Å². The molecule has 0 radical (unpaired) electrons. The fraction of sp³-hybridized carbons (Fsp3) is 0.364. The third-order valence-corrected chi connectivity index (χ3v) is 5.14. The first kappa shape index (κ1) is 19.9. The highest BCUT2D eigenvalue weighted by Gasteiger charge is 2.25. The molecule has 6 heteroatoms. The monoisotopic (exact) mass is 384 g/mol. The third kappa shape index (κ3) is 4.50. The average Bonchev–Trinajstić information content (AvgIpc) is 2.73. The molecule has 0 spiro atoms. The first-order valence-corrected chi connectivity index (χ1v) is 9.44. The summed E-state index contributed by atoms with van der Waals surface area (Å²) in [5.41, 5.74) is 1.87. The fourth-order valence-electron chi connectivity index (χ4n) is 3.38. The summed E-state index contributed by atoms with van der Waals surface area (Å²) < 4.78 is 19.0. The van der Waals surface area contributed by atoms with Crippen LogP contribution in [0.4, 0.5) is 4.39 Å². The molecule has 0 bridgehead atoms. The van der Waals surface area contributed by atoms with Crippen molar-refractivity contribution in [2.24, 2.45) is 0 Å². The number of hydrogen-bond donors (Lipinski definition) is 0. The van der Waals surface area contributed by atoms with Crippen LogP contribution >= 0.6 is 0 Å². The van der Waals surface area contributed by atoms with Crippen molar-refractivity contribution < 1.29 is 18.7 Å². The van der Waals surface area contributed by atoms with Gasteiger partial charge < -0.3 is 14.5 Å². The van der Waals surface area contributed by atoms with Crippen molar-refractivity contribution in [2.75, 3.05) is 33.3 Å². The standard InChI is InChI=1S/C22H25FN2O3/c1-16-7-8-18(15-19(16)23)22(27)25-13-11-24(12-14-25)21(26)10-9-17-5-3-4-6-20(17)28-2/h3-8,15H,9-14H2,1-2H3. The van der Waals surface area contributed by atoms with Gasteiger partial charge in [0, 0.05) is 38.2 Å². The van der Waals surface area contributed by atoms with Gasteiger partial charge in [-0.1, -0.05) is 24.3 Å². The molecule has 1 aliphatic heterocycles. The van der Waals surface area contributed by atoms with Gasteiger partial charge in [0.1, 0.15) is 11.6 Å². The molecule has 0 saturated carbocycles. The molecule has 0 N–H and O–H groups in total. The molecule has 0 unspecified atom stereocenters. The van der Waals surface area contributed by atoms with Gasteiger partial charge in [-0.25, -0.2) is 4.39 Å². The lowest BCUT2D eigenvalue weighted by Gasteiger charge is -2.35. The first-order chi connectivity index (χ1) is 13.5. The number of rotatable bonds is 5. The van der Waals surface area contributed by atoms with E-state index in [1.807, 2.05) is 24.3 Å². The average molecular weight is 384 g/mol. The van der Waals surface area contributed by atoms with Crippen LogP contribution in [0.15, 0.2) is 42.5 Å². The van der Waals surface area contributed by atoms with Gasteiger partial charge in [-0.15, -0.1) is 0 Å². The van der Waals surface area contributed by atoms with Crippen molar-refractivity contribution in [1.29, 1.82) is 0 Å². The summed E-state index contributed by atoms with van der Waals surface area (Å²) >= 11 is 0. The zero-order chi connectivity index (χ0) is 20.1. The number of carbonyl (C=O) groups excluding carboxylic acids is 2. The summed E-state index contributed by atoms with van der Waals surface area (Å²) in [6.07, 6.45) is 1.02. The van der Waals surface area contributed by atoms with Crippen molar-refractivity contribution in [1.82, 2.24) is 9.80 Å². The van der Waals surface area contributed by atoms with Gasteiger partial charge in [0.25, 0.3) is 5.91 Å². The molecule has 28 heavy (non-hydrogen) atoms. The molecule has 0 aromatic heterocycles. The van der Waals surface area contributed by atoms with E-state index in [0.717, 1.165) is 11.3 Å². The summed E-state index contributed by atoms with van der Waals surface area (Å²) in [6, 6.07) is 12.2. The molecule has 2 aromatic carbocycles. The first-order valence-electron chi connectivity index (χ1n) is 9.44. The van der Waals surface area contributed by atoms with Crippen molar-refractivity contribution in [2.45, 2.75) is 19.8 Å². The fourth-order valence-corrected chi connectivity index (χ4v) is 3.38.